The summed E-state index contributed by atoms with van der Waals surface area (Å²) >= 11 is 2.78. The zero-order valence-electron chi connectivity index (χ0n) is 11.1. The Kier molecular flexibility index (Phi) is 3.80. The van der Waals surface area contributed by atoms with E-state index in [9.17, 15) is 9.59 Å². The first kappa shape index (κ1) is 13.9. The molecule has 0 fully saturated rings. The first-order valence-electron chi connectivity index (χ1n) is 6.25. The SMILES string of the molecule is CCc1nn2c(=O)cc(COC(=O)c3ccsc3)nc2s1. The number of aryl methyl sites for hydroxylation is 1. The van der Waals surface area contributed by atoms with Crippen molar-refractivity contribution in [2.75, 3.05) is 0 Å². The number of carbonyl (C=O) groups excluding carboxylic acids is 1. The predicted octanol–water partition coefficient (Wildman–Crippen LogP) is 2.13. The molecule has 8 heteroatoms. The standard InChI is InChI=1S/C13H11N3O3S2/c1-2-10-15-16-11(17)5-9(14-13(16)21-10)6-19-12(18)8-3-4-20-7-8/h3-5,7H,2,6H2,1H3. The summed E-state index contributed by atoms with van der Waals surface area (Å²) in [6, 6.07) is 3.03. The minimum atomic E-state index is -0.420. The summed E-state index contributed by atoms with van der Waals surface area (Å²) < 4.78 is 6.42. The summed E-state index contributed by atoms with van der Waals surface area (Å²) in [5.74, 6) is -0.420. The molecular weight excluding hydrogens is 310 g/mol. The molecule has 0 amide bonds. The second-order valence-corrected chi connectivity index (χ2v) is 6.04. The van der Waals surface area contributed by atoms with Crippen LogP contribution in [0.2, 0.25) is 0 Å². The van der Waals surface area contributed by atoms with E-state index >= 15 is 0 Å². The molecule has 0 radical (unpaired) electrons. The van der Waals surface area contributed by atoms with Gasteiger partial charge in [0.1, 0.15) is 11.6 Å². The molecule has 6 nitrogen and oxygen atoms in total. The van der Waals surface area contributed by atoms with Gasteiger partial charge in [0.05, 0.1) is 11.3 Å². The molecule has 108 valence electrons. The van der Waals surface area contributed by atoms with Crippen LogP contribution in [0, 0.1) is 0 Å². The summed E-state index contributed by atoms with van der Waals surface area (Å²) in [6.45, 7) is 1.94. The van der Waals surface area contributed by atoms with Crippen molar-refractivity contribution in [1.29, 1.82) is 0 Å². The van der Waals surface area contributed by atoms with Crippen molar-refractivity contribution in [3.8, 4) is 0 Å². The van der Waals surface area contributed by atoms with Crippen LogP contribution in [0.15, 0.2) is 27.7 Å². The molecule has 0 atom stereocenters. The fourth-order valence-corrected chi connectivity index (χ4v) is 3.20. The number of rotatable bonds is 4. The molecule has 0 N–H and O–H groups in total. The van der Waals surface area contributed by atoms with Crippen molar-refractivity contribution in [2.24, 2.45) is 0 Å². The fraction of sp³-hybridized carbons (Fsp3) is 0.231. The number of nitrogens with zero attached hydrogens (tertiary/aromatic N) is 3. The molecule has 0 aliphatic rings. The van der Waals surface area contributed by atoms with Crippen molar-refractivity contribution < 1.29 is 9.53 Å². The molecule has 3 rings (SSSR count). The van der Waals surface area contributed by atoms with Gasteiger partial charge in [0.2, 0.25) is 4.96 Å². The van der Waals surface area contributed by atoms with Gasteiger partial charge in [-0.2, -0.15) is 21.0 Å². The summed E-state index contributed by atoms with van der Waals surface area (Å²) in [7, 11) is 0. The van der Waals surface area contributed by atoms with Crippen LogP contribution in [0.25, 0.3) is 4.96 Å². The molecule has 21 heavy (non-hydrogen) atoms. The normalized spacial score (nSPS) is 10.9. The molecule has 0 aliphatic carbocycles. The van der Waals surface area contributed by atoms with Gasteiger partial charge >= 0.3 is 5.97 Å². The smallest absolute Gasteiger partial charge is 0.339 e. The minimum absolute atomic E-state index is 0.0280. The summed E-state index contributed by atoms with van der Waals surface area (Å²) in [5, 5.41) is 8.52. The summed E-state index contributed by atoms with van der Waals surface area (Å²) in [4.78, 5) is 28.5. The first-order valence-corrected chi connectivity index (χ1v) is 8.01. The number of thiophene rings is 1. The van der Waals surface area contributed by atoms with Crippen LogP contribution in [-0.4, -0.2) is 20.6 Å². The lowest BCUT2D eigenvalue weighted by atomic mass is 10.3. The Balaban J connectivity index is 1.81. The highest BCUT2D eigenvalue weighted by molar-refractivity contribution is 7.16. The van der Waals surface area contributed by atoms with Crippen LogP contribution in [0.4, 0.5) is 0 Å². The zero-order chi connectivity index (χ0) is 14.8. The van der Waals surface area contributed by atoms with Gasteiger partial charge in [0, 0.05) is 11.4 Å². The van der Waals surface area contributed by atoms with E-state index in [2.05, 4.69) is 10.1 Å². The van der Waals surface area contributed by atoms with Crippen LogP contribution in [0.3, 0.4) is 0 Å². The Labute approximate surface area is 127 Å². The maximum absolute atomic E-state index is 11.9. The average Bonchev–Trinajstić information content (AvgIpc) is 3.13. The van der Waals surface area contributed by atoms with E-state index in [0.717, 1.165) is 11.4 Å². The molecule has 3 aromatic heterocycles. The second kappa shape index (κ2) is 5.74. The predicted molar refractivity (Wildman–Crippen MR) is 80.0 cm³/mol. The number of aromatic nitrogens is 3. The lowest BCUT2D eigenvalue weighted by molar-refractivity contribution is 0.0468. The van der Waals surface area contributed by atoms with E-state index in [0.29, 0.717) is 16.2 Å². The molecule has 0 unspecified atom stereocenters. The van der Waals surface area contributed by atoms with Crippen LogP contribution < -0.4 is 5.56 Å². The van der Waals surface area contributed by atoms with Crippen LogP contribution in [-0.2, 0) is 17.8 Å². The van der Waals surface area contributed by atoms with Gasteiger partial charge in [0.15, 0.2) is 0 Å². The first-order chi connectivity index (χ1) is 10.2. The van der Waals surface area contributed by atoms with Gasteiger partial charge in [-0.05, 0) is 17.9 Å². The molecule has 0 aliphatic heterocycles. The topological polar surface area (TPSA) is 73.6 Å². The largest absolute Gasteiger partial charge is 0.456 e. The van der Waals surface area contributed by atoms with Gasteiger partial charge in [-0.3, -0.25) is 4.79 Å². The third-order valence-corrected chi connectivity index (χ3v) is 4.49. The lowest BCUT2D eigenvalue weighted by Gasteiger charge is -2.02. The van der Waals surface area contributed by atoms with E-state index in [1.165, 1.54) is 33.3 Å². The van der Waals surface area contributed by atoms with Crippen molar-refractivity contribution >= 4 is 33.6 Å². The van der Waals surface area contributed by atoms with Gasteiger partial charge in [0.25, 0.3) is 5.56 Å². The molecule has 3 aromatic rings. The highest BCUT2D eigenvalue weighted by Gasteiger charge is 2.11. The monoisotopic (exact) mass is 321 g/mol. The van der Waals surface area contributed by atoms with E-state index in [1.807, 2.05) is 6.92 Å². The Hall–Kier alpha value is -2.06. The molecule has 0 spiro atoms. The third kappa shape index (κ3) is 2.86. The number of fused-ring (bicyclic) bond motifs is 1. The average molecular weight is 321 g/mol. The Morgan fingerprint density at radius 3 is 3.05 bits per heavy atom. The molecule has 3 heterocycles. The highest BCUT2D eigenvalue weighted by atomic mass is 32.1. The summed E-state index contributed by atoms with van der Waals surface area (Å²) in [5.41, 5.74) is 0.663. The Morgan fingerprint density at radius 1 is 1.48 bits per heavy atom. The maximum Gasteiger partial charge on any atom is 0.339 e. The van der Waals surface area contributed by atoms with Gasteiger partial charge in [-0.25, -0.2) is 9.78 Å². The second-order valence-electron chi connectivity index (χ2n) is 4.22. The van der Waals surface area contributed by atoms with Crippen molar-refractivity contribution in [3.05, 3.63) is 49.5 Å². The van der Waals surface area contributed by atoms with E-state index in [1.54, 1.807) is 16.8 Å². The van der Waals surface area contributed by atoms with Crippen LogP contribution in [0.1, 0.15) is 28.0 Å². The zero-order valence-corrected chi connectivity index (χ0v) is 12.7. The Bertz CT molecular complexity index is 836. The molecule has 0 saturated carbocycles. The number of carbonyl (C=O) groups is 1. The molecular formula is C13H11N3O3S2. The van der Waals surface area contributed by atoms with E-state index in [-0.39, 0.29) is 12.2 Å². The molecule has 0 bridgehead atoms. The highest BCUT2D eigenvalue weighted by Crippen LogP contribution is 2.13. The molecule has 0 saturated heterocycles. The summed E-state index contributed by atoms with van der Waals surface area (Å²) in [6.07, 6.45) is 0.746. The quantitative estimate of drug-likeness (QED) is 0.688. The molecule has 0 aromatic carbocycles. The third-order valence-electron chi connectivity index (χ3n) is 2.75. The number of ether oxygens (including phenoxy) is 1. The number of hydrogen-bond donors (Lipinski definition) is 0. The van der Waals surface area contributed by atoms with Crippen molar-refractivity contribution in [2.45, 2.75) is 20.0 Å². The van der Waals surface area contributed by atoms with Gasteiger partial charge in [-0.1, -0.05) is 18.3 Å². The van der Waals surface area contributed by atoms with Crippen molar-refractivity contribution in [1.82, 2.24) is 14.6 Å². The van der Waals surface area contributed by atoms with Gasteiger partial charge < -0.3 is 4.74 Å². The van der Waals surface area contributed by atoms with Crippen LogP contribution >= 0.6 is 22.7 Å². The van der Waals surface area contributed by atoms with Gasteiger partial charge in [-0.15, -0.1) is 0 Å². The lowest BCUT2D eigenvalue weighted by Crippen LogP contribution is -2.16. The Morgan fingerprint density at radius 2 is 2.33 bits per heavy atom. The van der Waals surface area contributed by atoms with Crippen LogP contribution in [0.5, 0.6) is 0 Å². The maximum atomic E-state index is 11.9. The fourth-order valence-electron chi connectivity index (χ4n) is 1.72. The minimum Gasteiger partial charge on any atom is -0.456 e. The number of esters is 1. The number of hydrogen-bond acceptors (Lipinski definition) is 7. The van der Waals surface area contributed by atoms with Crippen molar-refractivity contribution in [3.63, 3.8) is 0 Å². The van der Waals surface area contributed by atoms with E-state index < -0.39 is 5.97 Å². The van der Waals surface area contributed by atoms with E-state index in [4.69, 9.17) is 4.74 Å².